The van der Waals surface area contributed by atoms with E-state index >= 15 is 0 Å². The van der Waals surface area contributed by atoms with E-state index in [2.05, 4.69) is 32.9 Å². The maximum atomic E-state index is 9.36. The minimum atomic E-state index is 0.371. The van der Waals surface area contributed by atoms with Crippen LogP contribution in [0.2, 0.25) is 0 Å². The zero-order valence-corrected chi connectivity index (χ0v) is 11.2. The first-order valence-corrected chi connectivity index (χ1v) is 6.79. The van der Waals surface area contributed by atoms with Gasteiger partial charge >= 0.3 is 0 Å². The summed E-state index contributed by atoms with van der Waals surface area (Å²) >= 11 is 0. The normalized spacial score (nSPS) is 27.9. The van der Waals surface area contributed by atoms with E-state index < -0.39 is 0 Å². The highest BCUT2D eigenvalue weighted by molar-refractivity contribution is 5.28. The molecule has 1 aliphatic carbocycles. The Morgan fingerprint density at radius 1 is 1.18 bits per heavy atom. The third-order valence-corrected chi connectivity index (χ3v) is 4.20. The van der Waals surface area contributed by atoms with E-state index in [0.717, 1.165) is 5.92 Å². The van der Waals surface area contributed by atoms with Crippen molar-refractivity contribution < 1.29 is 5.11 Å². The summed E-state index contributed by atoms with van der Waals surface area (Å²) in [6, 6.07) is 7.82. The highest BCUT2D eigenvalue weighted by Crippen LogP contribution is 2.47. The Morgan fingerprint density at radius 3 is 2.41 bits per heavy atom. The molecule has 1 heteroatoms. The van der Waals surface area contributed by atoms with Gasteiger partial charge in [0.05, 0.1) is 0 Å². The van der Waals surface area contributed by atoms with Gasteiger partial charge in [0, 0.05) is 0 Å². The second-order valence-corrected chi connectivity index (χ2v) is 6.37. The van der Waals surface area contributed by atoms with Crippen LogP contribution in [0.5, 0.6) is 5.75 Å². The Kier molecular flexibility index (Phi) is 3.46. The van der Waals surface area contributed by atoms with Crippen molar-refractivity contribution >= 4 is 0 Å². The van der Waals surface area contributed by atoms with Crippen molar-refractivity contribution in [3.8, 4) is 5.75 Å². The number of rotatable bonds is 2. The summed E-state index contributed by atoms with van der Waals surface area (Å²) in [5.41, 5.74) is 1.86. The van der Waals surface area contributed by atoms with Crippen molar-refractivity contribution in [3.63, 3.8) is 0 Å². The molecular formula is C16H24O. The van der Waals surface area contributed by atoms with Gasteiger partial charge in [0.15, 0.2) is 0 Å². The zero-order chi connectivity index (χ0) is 12.5. The van der Waals surface area contributed by atoms with E-state index in [4.69, 9.17) is 0 Å². The SMILES string of the molecule is CCC1CC(c2ccc(O)cc2)CC(C)(C)C1. The van der Waals surface area contributed by atoms with E-state index in [1.54, 1.807) is 0 Å². The maximum absolute atomic E-state index is 9.36. The molecule has 0 saturated heterocycles. The fraction of sp³-hybridized carbons (Fsp3) is 0.625. The summed E-state index contributed by atoms with van der Waals surface area (Å²) in [7, 11) is 0. The second kappa shape index (κ2) is 4.72. The average molecular weight is 232 g/mol. The van der Waals surface area contributed by atoms with Gasteiger partial charge < -0.3 is 5.11 Å². The third kappa shape index (κ3) is 3.02. The molecule has 0 aliphatic heterocycles. The summed E-state index contributed by atoms with van der Waals surface area (Å²) in [5.74, 6) is 1.90. The Bertz CT molecular complexity index is 364. The lowest BCUT2D eigenvalue weighted by atomic mass is 9.65. The molecule has 1 aromatic carbocycles. The van der Waals surface area contributed by atoms with E-state index in [0.29, 0.717) is 17.1 Å². The quantitative estimate of drug-likeness (QED) is 0.782. The highest BCUT2D eigenvalue weighted by Gasteiger charge is 2.33. The van der Waals surface area contributed by atoms with Gasteiger partial charge in [-0.1, -0.05) is 39.3 Å². The Labute approximate surface area is 105 Å². The van der Waals surface area contributed by atoms with Crippen molar-refractivity contribution in [2.24, 2.45) is 11.3 Å². The van der Waals surface area contributed by atoms with Gasteiger partial charge in [-0.25, -0.2) is 0 Å². The van der Waals surface area contributed by atoms with E-state index in [1.165, 1.54) is 31.2 Å². The second-order valence-electron chi connectivity index (χ2n) is 6.37. The predicted molar refractivity (Wildman–Crippen MR) is 72.3 cm³/mol. The summed E-state index contributed by atoms with van der Waals surface area (Å²) in [6.45, 7) is 7.09. The molecule has 94 valence electrons. The predicted octanol–water partition coefficient (Wildman–Crippen LogP) is 4.71. The van der Waals surface area contributed by atoms with Crippen LogP contribution in [-0.2, 0) is 0 Å². The van der Waals surface area contributed by atoms with Crippen LogP contribution in [0.25, 0.3) is 0 Å². The van der Waals surface area contributed by atoms with Crippen LogP contribution in [0.3, 0.4) is 0 Å². The summed E-state index contributed by atoms with van der Waals surface area (Å²) in [6.07, 6.45) is 5.23. The van der Waals surface area contributed by atoms with Gasteiger partial charge in [0.2, 0.25) is 0 Å². The lowest BCUT2D eigenvalue weighted by Crippen LogP contribution is -2.27. The molecule has 1 fully saturated rings. The Hall–Kier alpha value is -0.980. The smallest absolute Gasteiger partial charge is 0.115 e. The first-order valence-electron chi connectivity index (χ1n) is 6.79. The number of phenolic OH excluding ortho intramolecular Hbond substituents is 1. The van der Waals surface area contributed by atoms with Crippen molar-refractivity contribution in [1.29, 1.82) is 0 Å². The monoisotopic (exact) mass is 232 g/mol. The first-order chi connectivity index (χ1) is 8.00. The number of hydrogen-bond acceptors (Lipinski definition) is 1. The van der Waals surface area contributed by atoms with Gasteiger partial charge in [-0.15, -0.1) is 0 Å². The fourth-order valence-electron chi connectivity index (χ4n) is 3.41. The van der Waals surface area contributed by atoms with Gasteiger partial charge in [0.25, 0.3) is 0 Å². The molecule has 1 aromatic rings. The largest absolute Gasteiger partial charge is 0.508 e. The lowest BCUT2D eigenvalue weighted by molar-refractivity contribution is 0.155. The van der Waals surface area contributed by atoms with Crippen LogP contribution >= 0.6 is 0 Å². The number of benzene rings is 1. The molecule has 0 bridgehead atoms. The van der Waals surface area contributed by atoms with Crippen LogP contribution < -0.4 is 0 Å². The Morgan fingerprint density at radius 2 is 1.82 bits per heavy atom. The van der Waals surface area contributed by atoms with Crippen molar-refractivity contribution in [2.75, 3.05) is 0 Å². The van der Waals surface area contributed by atoms with Crippen molar-refractivity contribution in [2.45, 2.75) is 52.4 Å². The number of phenols is 1. The van der Waals surface area contributed by atoms with Gasteiger partial charge in [0.1, 0.15) is 5.75 Å². The molecule has 1 nitrogen and oxygen atoms in total. The molecule has 2 atom stereocenters. The van der Waals surface area contributed by atoms with E-state index in [9.17, 15) is 5.11 Å². The van der Waals surface area contributed by atoms with Crippen LogP contribution in [0.15, 0.2) is 24.3 Å². The molecule has 2 unspecified atom stereocenters. The molecule has 0 aromatic heterocycles. The molecule has 1 aliphatic rings. The maximum Gasteiger partial charge on any atom is 0.115 e. The molecule has 17 heavy (non-hydrogen) atoms. The molecule has 0 radical (unpaired) electrons. The van der Waals surface area contributed by atoms with Crippen molar-refractivity contribution in [1.82, 2.24) is 0 Å². The summed E-state index contributed by atoms with van der Waals surface area (Å²) in [4.78, 5) is 0. The standard InChI is InChI=1S/C16H24O/c1-4-12-9-14(11-16(2,3)10-12)13-5-7-15(17)8-6-13/h5-8,12,14,17H,4,9-11H2,1-3H3. The molecule has 0 amide bonds. The molecule has 0 spiro atoms. The number of hydrogen-bond donors (Lipinski definition) is 1. The lowest BCUT2D eigenvalue weighted by Gasteiger charge is -2.40. The van der Waals surface area contributed by atoms with Crippen molar-refractivity contribution in [3.05, 3.63) is 29.8 Å². The van der Waals surface area contributed by atoms with Crippen LogP contribution in [-0.4, -0.2) is 5.11 Å². The fourth-order valence-corrected chi connectivity index (χ4v) is 3.41. The van der Waals surface area contributed by atoms with Gasteiger partial charge in [-0.2, -0.15) is 0 Å². The molecule has 0 heterocycles. The van der Waals surface area contributed by atoms with E-state index in [1.807, 2.05) is 12.1 Å². The molecular weight excluding hydrogens is 208 g/mol. The van der Waals surface area contributed by atoms with Crippen LogP contribution in [0, 0.1) is 11.3 Å². The highest BCUT2D eigenvalue weighted by atomic mass is 16.3. The molecule has 1 N–H and O–H groups in total. The Balaban J connectivity index is 2.17. The van der Waals surface area contributed by atoms with Crippen LogP contribution in [0.4, 0.5) is 0 Å². The number of aromatic hydroxyl groups is 1. The summed E-state index contributed by atoms with van der Waals surface area (Å²) < 4.78 is 0. The minimum absolute atomic E-state index is 0.371. The van der Waals surface area contributed by atoms with Gasteiger partial charge in [-0.3, -0.25) is 0 Å². The van der Waals surface area contributed by atoms with Crippen LogP contribution in [0.1, 0.15) is 57.9 Å². The van der Waals surface area contributed by atoms with Gasteiger partial charge in [-0.05, 0) is 54.2 Å². The average Bonchev–Trinajstić information content (AvgIpc) is 2.27. The zero-order valence-electron chi connectivity index (χ0n) is 11.2. The summed E-state index contributed by atoms with van der Waals surface area (Å²) in [5, 5.41) is 9.36. The third-order valence-electron chi connectivity index (χ3n) is 4.20. The minimum Gasteiger partial charge on any atom is -0.508 e. The van der Waals surface area contributed by atoms with E-state index in [-0.39, 0.29) is 0 Å². The first kappa shape index (κ1) is 12.5. The molecule has 2 rings (SSSR count). The topological polar surface area (TPSA) is 20.2 Å². The molecule has 1 saturated carbocycles.